The van der Waals surface area contributed by atoms with E-state index in [0.717, 1.165) is 12.1 Å². The smallest absolute Gasteiger partial charge is 0.258 e. The van der Waals surface area contributed by atoms with Gasteiger partial charge in [-0.15, -0.1) is 0 Å². The molecule has 0 aliphatic heterocycles. The van der Waals surface area contributed by atoms with Crippen LogP contribution in [0.4, 0.5) is 8.78 Å². The van der Waals surface area contributed by atoms with Crippen LogP contribution in [0.2, 0.25) is 0 Å². The largest absolute Gasteiger partial charge is 0.481 e. The number of hydrogen-bond donors (Lipinski definition) is 2. The fourth-order valence-electron chi connectivity index (χ4n) is 0.982. The van der Waals surface area contributed by atoms with E-state index in [4.69, 9.17) is 9.84 Å². The average Bonchev–Trinajstić information content (AvgIpc) is 2.25. The molecule has 0 fully saturated rings. The van der Waals surface area contributed by atoms with E-state index in [-0.39, 0.29) is 25.5 Å². The van der Waals surface area contributed by atoms with Gasteiger partial charge in [0.25, 0.3) is 5.91 Å². The molecule has 0 bridgehead atoms. The minimum Gasteiger partial charge on any atom is -0.481 e. The predicted octanol–water partition coefficient (Wildman–Crippen LogP) is 0.452. The summed E-state index contributed by atoms with van der Waals surface area (Å²) in [6.45, 7) is -0.465. The molecule has 0 radical (unpaired) electrons. The molecule has 0 saturated heterocycles. The number of aliphatic hydroxyl groups is 1. The Balaban J connectivity index is 2.45. The molecule has 4 nitrogen and oxygen atoms in total. The Hall–Kier alpha value is -1.69. The van der Waals surface area contributed by atoms with E-state index in [1.807, 2.05) is 0 Å². The van der Waals surface area contributed by atoms with Gasteiger partial charge in [-0.25, -0.2) is 8.78 Å². The fraction of sp³-hybridized carbons (Fsp3) is 0.300. The molecule has 6 heteroatoms. The lowest BCUT2D eigenvalue weighted by Gasteiger charge is -2.07. The van der Waals surface area contributed by atoms with Gasteiger partial charge in [0.15, 0.2) is 18.2 Å². The molecule has 0 aromatic heterocycles. The Morgan fingerprint density at radius 2 is 2.19 bits per heavy atom. The molecule has 0 spiro atoms. The third-order valence-corrected chi connectivity index (χ3v) is 1.69. The lowest BCUT2D eigenvalue weighted by molar-refractivity contribution is -0.123. The molecule has 0 atom stereocenters. The minimum atomic E-state index is -0.866. The van der Waals surface area contributed by atoms with Crippen molar-refractivity contribution in [1.82, 2.24) is 5.32 Å². The molecule has 0 heterocycles. The summed E-state index contributed by atoms with van der Waals surface area (Å²) in [6.07, 6.45) is 0. The Morgan fingerprint density at radius 1 is 1.44 bits per heavy atom. The zero-order valence-electron chi connectivity index (χ0n) is 8.37. The van der Waals surface area contributed by atoms with Crippen LogP contribution < -0.4 is 10.1 Å². The summed E-state index contributed by atoms with van der Waals surface area (Å²) in [5, 5.41) is 10.7. The summed E-state index contributed by atoms with van der Waals surface area (Å²) in [7, 11) is 0. The first kappa shape index (κ1) is 12.4. The monoisotopic (exact) mass is 231 g/mol. The van der Waals surface area contributed by atoms with E-state index in [2.05, 4.69) is 5.32 Å². The standard InChI is InChI=1S/C10H11F2NO3/c11-7-1-2-9(8(12)5-7)16-6-10(15)13-3-4-14/h1-2,5,14H,3-4,6H2,(H,13,15). The van der Waals surface area contributed by atoms with E-state index in [1.165, 1.54) is 0 Å². The summed E-state index contributed by atoms with van der Waals surface area (Å²) >= 11 is 0. The van der Waals surface area contributed by atoms with Crippen molar-refractivity contribution in [2.24, 2.45) is 0 Å². The van der Waals surface area contributed by atoms with E-state index in [0.29, 0.717) is 6.07 Å². The minimum absolute atomic E-state index is 0.105. The van der Waals surface area contributed by atoms with Gasteiger partial charge in [-0.05, 0) is 12.1 Å². The average molecular weight is 231 g/mol. The summed E-state index contributed by atoms with van der Waals surface area (Å²) < 4.78 is 30.3. The number of amides is 1. The van der Waals surface area contributed by atoms with Crippen LogP contribution in [0.3, 0.4) is 0 Å². The number of nitrogens with one attached hydrogen (secondary N) is 1. The van der Waals surface area contributed by atoms with Crippen LogP contribution in [0.25, 0.3) is 0 Å². The first-order valence-electron chi connectivity index (χ1n) is 4.59. The Labute approximate surface area is 90.8 Å². The zero-order chi connectivity index (χ0) is 12.0. The zero-order valence-corrected chi connectivity index (χ0v) is 8.37. The molecule has 0 unspecified atom stereocenters. The molecule has 1 aromatic rings. The maximum Gasteiger partial charge on any atom is 0.258 e. The van der Waals surface area contributed by atoms with Crippen molar-refractivity contribution in [3.8, 4) is 5.75 Å². The van der Waals surface area contributed by atoms with Crippen molar-refractivity contribution in [3.63, 3.8) is 0 Å². The fourth-order valence-corrected chi connectivity index (χ4v) is 0.982. The van der Waals surface area contributed by atoms with Gasteiger partial charge in [0, 0.05) is 12.6 Å². The van der Waals surface area contributed by atoms with E-state index in [1.54, 1.807) is 0 Å². The number of ether oxygens (including phenoxy) is 1. The molecular formula is C10H11F2NO3. The first-order chi connectivity index (χ1) is 7.63. The van der Waals surface area contributed by atoms with Crippen molar-refractivity contribution < 1.29 is 23.4 Å². The SMILES string of the molecule is O=C(COc1ccc(F)cc1F)NCCO. The quantitative estimate of drug-likeness (QED) is 0.773. The van der Waals surface area contributed by atoms with Gasteiger partial charge < -0.3 is 15.2 Å². The van der Waals surface area contributed by atoms with Crippen LogP contribution in [0.1, 0.15) is 0 Å². The molecule has 0 aliphatic rings. The van der Waals surface area contributed by atoms with Gasteiger partial charge in [0.05, 0.1) is 6.61 Å². The topological polar surface area (TPSA) is 58.6 Å². The predicted molar refractivity (Wildman–Crippen MR) is 51.9 cm³/mol. The van der Waals surface area contributed by atoms with Crippen LogP contribution in [0.15, 0.2) is 18.2 Å². The molecule has 1 amide bonds. The van der Waals surface area contributed by atoms with Crippen LogP contribution in [0, 0.1) is 11.6 Å². The van der Waals surface area contributed by atoms with Crippen LogP contribution in [0.5, 0.6) is 5.75 Å². The highest BCUT2D eigenvalue weighted by Gasteiger charge is 2.07. The second-order valence-electron chi connectivity index (χ2n) is 2.94. The number of rotatable bonds is 5. The molecular weight excluding hydrogens is 220 g/mol. The lowest BCUT2D eigenvalue weighted by Crippen LogP contribution is -2.31. The van der Waals surface area contributed by atoms with Crippen molar-refractivity contribution in [1.29, 1.82) is 0 Å². The number of aliphatic hydroxyl groups excluding tert-OH is 1. The summed E-state index contributed by atoms with van der Waals surface area (Å²) in [5.74, 6) is -2.26. The number of halogens is 2. The third kappa shape index (κ3) is 3.82. The van der Waals surface area contributed by atoms with Crippen molar-refractivity contribution in [2.75, 3.05) is 19.8 Å². The van der Waals surface area contributed by atoms with E-state index >= 15 is 0 Å². The molecule has 1 aromatic carbocycles. The van der Waals surface area contributed by atoms with Crippen LogP contribution in [-0.2, 0) is 4.79 Å². The molecule has 16 heavy (non-hydrogen) atoms. The molecule has 1 rings (SSSR count). The maximum atomic E-state index is 13.0. The van der Waals surface area contributed by atoms with Gasteiger partial charge in [-0.1, -0.05) is 0 Å². The van der Waals surface area contributed by atoms with Gasteiger partial charge in [0.1, 0.15) is 5.82 Å². The Bertz CT molecular complexity index is 371. The molecule has 88 valence electrons. The molecule has 0 saturated carbocycles. The molecule has 2 N–H and O–H groups in total. The van der Waals surface area contributed by atoms with Gasteiger partial charge in [0.2, 0.25) is 0 Å². The number of carbonyl (C=O) groups excluding carboxylic acids is 1. The van der Waals surface area contributed by atoms with E-state index in [9.17, 15) is 13.6 Å². The van der Waals surface area contributed by atoms with Gasteiger partial charge >= 0.3 is 0 Å². The Kier molecular flexibility index (Phi) is 4.65. The summed E-state index contributed by atoms with van der Waals surface area (Å²) in [6, 6.07) is 2.80. The normalized spacial score (nSPS) is 9.94. The lowest BCUT2D eigenvalue weighted by atomic mass is 10.3. The van der Waals surface area contributed by atoms with E-state index < -0.39 is 17.5 Å². The number of carbonyl (C=O) groups is 1. The molecule has 0 aliphatic carbocycles. The first-order valence-corrected chi connectivity index (χ1v) is 4.59. The summed E-state index contributed by atoms with van der Waals surface area (Å²) in [5.41, 5.74) is 0. The van der Waals surface area contributed by atoms with Crippen LogP contribution >= 0.6 is 0 Å². The van der Waals surface area contributed by atoms with Gasteiger partial charge in [-0.3, -0.25) is 4.79 Å². The highest BCUT2D eigenvalue weighted by molar-refractivity contribution is 5.77. The summed E-state index contributed by atoms with van der Waals surface area (Å²) in [4.78, 5) is 11.0. The number of hydrogen-bond acceptors (Lipinski definition) is 3. The van der Waals surface area contributed by atoms with Crippen molar-refractivity contribution in [2.45, 2.75) is 0 Å². The highest BCUT2D eigenvalue weighted by Crippen LogP contribution is 2.17. The van der Waals surface area contributed by atoms with Gasteiger partial charge in [-0.2, -0.15) is 0 Å². The van der Waals surface area contributed by atoms with Crippen molar-refractivity contribution in [3.05, 3.63) is 29.8 Å². The van der Waals surface area contributed by atoms with Crippen LogP contribution in [-0.4, -0.2) is 30.8 Å². The second kappa shape index (κ2) is 6.02. The number of benzene rings is 1. The highest BCUT2D eigenvalue weighted by atomic mass is 19.1. The van der Waals surface area contributed by atoms with Crippen molar-refractivity contribution >= 4 is 5.91 Å². The second-order valence-corrected chi connectivity index (χ2v) is 2.94. The Morgan fingerprint density at radius 3 is 2.81 bits per heavy atom. The maximum absolute atomic E-state index is 13.0. The third-order valence-electron chi connectivity index (χ3n) is 1.69.